The smallest absolute Gasteiger partial charge is 0.168 e. The summed E-state index contributed by atoms with van der Waals surface area (Å²) >= 11 is 0. The summed E-state index contributed by atoms with van der Waals surface area (Å²) in [4.78, 5) is 12.6. The van der Waals surface area contributed by atoms with Gasteiger partial charge in [-0.3, -0.25) is 4.79 Å². The van der Waals surface area contributed by atoms with Gasteiger partial charge in [-0.15, -0.1) is 0 Å². The first-order valence-corrected chi connectivity index (χ1v) is 8.45. The number of benzene rings is 2. The normalized spacial score (nSPS) is 16.4. The lowest BCUT2D eigenvalue weighted by molar-refractivity contribution is -0.112. The van der Waals surface area contributed by atoms with Gasteiger partial charge < -0.3 is 0 Å². The monoisotopic (exact) mass is 316 g/mol. The quantitative estimate of drug-likeness (QED) is 0.689. The van der Waals surface area contributed by atoms with Crippen molar-refractivity contribution in [3.05, 3.63) is 80.9 Å². The molecule has 0 heterocycles. The van der Waals surface area contributed by atoms with Crippen LogP contribution in [0.5, 0.6) is 0 Å². The van der Waals surface area contributed by atoms with Crippen LogP contribution in [0.15, 0.2) is 47.5 Å². The van der Waals surface area contributed by atoms with E-state index in [1.54, 1.807) is 0 Å². The summed E-state index contributed by atoms with van der Waals surface area (Å²) in [5.41, 5.74) is 10.3. The molecule has 0 aliphatic heterocycles. The first-order chi connectivity index (χ1) is 11.3. The Morgan fingerprint density at radius 2 is 1.25 bits per heavy atom. The van der Waals surface area contributed by atoms with Crippen LogP contribution in [0, 0.1) is 27.7 Å². The molecule has 1 nitrogen and oxygen atoms in total. The van der Waals surface area contributed by atoms with Crippen LogP contribution in [-0.2, 0) is 4.79 Å². The third-order valence-electron chi connectivity index (χ3n) is 4.58. The molecule has 0 N–H and O–H groups in total. The maximum absolute atomic E-state index is 12.6. The van der Waals surface area contributed by atoms with Crippen LogP contribution in [0.25, 0.3) is 11.6 Å². The number of ketones is 1. The van der Waals surface area contributed by atoms with Crippen molar-refractivity contribution in [1.29, 1.82) is 0 Å². The molecule has 0 atom stereocenters. The molecule has 1 aliphatic rings. The first kappa shape index (κ1) is 16.4. The van der Waals surface area contributed by atoms with Crippen LogP contribution in [0.2, 0.25) is 0 Å². The minimum Gasteiger partial charge on any atom is -0.294 e. The van der Waals surface area contributed by atoms with Crippen LogP contribution in [-0.4, -0.2) is 5.78 Å². The average Bonchev–Trinajstić information content (AvgIpc) is 2.71. The molecule has 0 amide bonds. The predicted octanol–water partition coefficient (Wildman–Crippen LogP) is 5.75. The molecule has 1 heteroatoms. The number of Topliss-reactive ketones (excluding diaryl/α,β-unsaturated/α-hetero) is 1. The predicted molar refractivity (Wildman–Crippen MR) is 102 cm³/mol. The van der Waals surface area contributed by atoms with E-state index in [2.05, 4.69) is 77.1 Å². The van der Waals surface area contributed by atoms with Crippen LogP contribution in [0.3, 0.4) is 0 Å². The van der Waals surface area contributed by atoms with Gasteiger partial charge in [-0.2, -0.15) is 0 Å². The van der Waals surface area contributed by atoms with Crippen LogP contribution >= 0.6 is 0 Å². The van der Waals surface area contributed by atoms with Crippen LogP contribution < -0.4 is 0 Å². The molecule has 0 unspecified atom stereocenters. The third-order valence-corrected chi connectivity index (χ3v) is 4.58. The van der Waals surface area contributed by atoms with E-state index in [-0.39, 0.29) is 5.78 Å². The molecular formula is C23H24O. The maximum atomic E-state index is 12.6. The fourth-order valence-corrected chi connectivity index (χ4v) is 3.71. The van der Waals surface area contributed by atoms with Crippen molar-refractivity contribution in [2.45, 2.75) is 41.0 Å². The van der Waals surface area contributed by atoms with E-state index >= 15 is 0 Å². The summed E-state index contributed by atoms with van der Waals surface area (Å²) in [7, 11) is 0. The minimum atomic E-state index is 0.230. The van der Waals surface area contributed by atoms with Crippen LogP contribution in [0.1, 0.15) is 46.7 Å². The Labute approximate surface area is 144 Å². The molecule has 0 bridgehead atoms. The second-order valence-corrected chi connectivity index (χ2v) is 7.07. The molecule has 0 aromatic heterocycles. The summed E-state index contributed by atoms with van der Waals surface area (Å²) in [5.74, 6) is 0.230. The van der Waals surface area contributed by atoms with Gasteiger partial charge in [0.1, 0.15) is 0 Å². The fraction of sp³-hybridized carbons (Fsp3) is 0.261. The zero-order chi connectivity index (χ0) is 17.4. The zero-order valence-electron chi connectivity index (χ0n) is 15.2. The molecule has 2 aromatic carbocycles. The molecule has 0 saturated carbocycles. The molecule has 3 rings (SSSR count). The van der Waals surface area contributed by atoms with Gasteiger partial charge in [-0.05, 0) is 56.9 Å². The van der Waals surface area contributed by atoms with Gasteiger partial charge in [0.05, 0.1) is 0 Å². The van der Waals surface area contributed by atoms with Gasteiger partial charge in [0.15, 0.2) is 5.78 Å². The van der Waals surface area contributed by atoms with E-state index in [4.69, 9.17) is 0 Å². The Morgan fingerprint density at radius 3 is 1.79 bits per heavy atom. The van der Waals surface area contributed by atoms with Crippen molar-refractivity contribution in [1.82, 2.24) is 0 Å². The molecule has 1 aliphatic carbocycles. The summed E-state index contributed by atoms with van der Waals surface area (Å²) in [6.07, 6.45) is 2.67. The number of aryl methyl sites for hydroxylation is 4. The van der Waals surface area contributed by atoms with E-state index in [0.717, 1.165) is 22.3 Å². The Balaban J connectivity index is 2.08. The van der Waals surface area contributed by atoms with Gasteiger partial charge >= 0.3 is 0 Å². The largest absolute Gasteiger partial charge is 0.294 e. The standard InChI is InChI=1S/C23H24O/c1-14-6-15(2)9-19(8-14)12-20-13-22(24)23(18(20)5)21-10-16(3)7-17(4)11-21/h6-12H,13H2,1-5H3/b20-12-. The number of hydrogen-bond donors (Lipinski definition) is 0. The Morgan fingerprint density at radius 1 is 0.750 bits per heavy atom. The summed E-state index contributed by atoms with van der Waals surface area (Å²) < 4.78 is 0. The second kappa shape index (κ2) is 6.24. The number of hydrogen-bond acceptors (Lipinski definition) is 1. The second-order valence-electron chi connectivity index (χ2n) is 7.07. The van der Waals surface area contributed by atoms with E-state index in [9.17, 15) is 4.79 Å². The molecule has 0 fully saturated rings. The third kappa shape index (κ3) is 3.26. The van der Waals surface area contributed by atoms with Crippen molar-refractivity contribution in [2.24, 2.45) is 0 Å². The SMILES string of the molecule is CC1=C(c2cc(C)cc(C)c2)C(=O)C/C1=C/c1cc(C)cc(C)c1. The highest BCUT2D eigenvalue weighted by atomic mass is 16.1. The first-order valence-electron chi connectivity index (χ1n) is 8.45. The van der Waals surface area contributed by atoms with E-state index in [1.165, 1.54) is 27.8 Å². The van der Waals surface area contributed by atoms with Crippen molar-refractivity contribution >= 4 is 17.4 Å². The molecule has 24 heavy (non-hydrogen) atoms. The van der Waals surface area contributed by atoms with Crippen molar-refractivity contribution < 1.29 is 4.79 Å². The maximum Gasteiger partial charge on any atom is 0.168 e. The van der Waals surface area contributed by atoms with Gasteiger partial charge in [-0.1, -0.05) is 64.7 Å². The molecule has 2 aromatic rings. The average molecular weight is 316 g/mol. The lowest BCUT2D eigenvalue weighted by atomic mass is 9.97. The van der Waals surface area contributed by atoms with Crippen molar-refractivity contribution in [2.75, 3.05) is 0 Å². The molecule has 0 radical (unpaired) electrons. The fourth-order valence-electron chi connectivity index (χ4n) is 3.71. The van der Waals surface area contributed by atoms with E-state index in [0.29, 0.717) is 6.42 Å². The van der Waals surface area contributed by atoms with Crippen molar-refractivity contribution in [3.8, 4) is 0 Å². The molecule has 0 saturated heterocycles. The minimum absolute atomic E-state index is 0.230. The summed E-state index contributed by atoms with van der Waals surface area (Å²) in [6, 6.07) is 12.9. The molecular weight excluding hydrogens is 292 g/mol. The highest BCUT2D eigenvalue weighted by Crippen LogP contribution is 2.36. The topological polar surface area (TPSA) is 17.1 Å². The summed E-state index contributed by atoms with van der Waals surface area (Å²) in [5, 5.41) is 0. The number of carbonyl (C=O) groups is 1. The Hall–Kier alpha value is -2.41. The number of rotatable bonds is 2. The highest BCUT2D eigenvalue weighted by Gasteiger charge is 2.26. The Kier molecular flexibility index (Phi) is 4.28. The zero-order valence-corrected chi connectivity index (χ0v) is 15.2. The molecule has 0 spiro atoms. The Bertz CT molecular complexity index is 854. The van der Waals surface area contributed by atoms with Gasteiger partial charge in [0, 0.05) is 12.0 Å². The van der Waals surface area contributed by atoms with Gasteiger partial charge in [0.2, 0.25) is 0 Å². The molecule has 122 valence electrons. The lowest BCUT2D eigenvalue weighted by Gasteiger charge is -2.07. The van der Waals surface area contributed by atoms with Gasteiger partial charge in [-0.25, -0.2) is 0 Å². The van der Waals surface area contributed by atoms with E-state index < -0.39 is 0 Å². The van der Waals surface area contributed by atoms with Crippen molar-refractivity contribution in [3.63, 3.8) is 0 Å². The summed E-state index contributed by atoms with van der Waals surface area (Å²) in [6.45, 7) is 10.5. The lowest BCUT2D eigenvalue weighted by Crippen LogP contribution is -1.96. The number of allylic oxidation sites excluding steroid dienone is 3. The van der Waals surface area contributed by atoms with Crippen LogP contribution in [0.4, 0.5) is 0 Å². The van der Waals surface area contributed by atoms with E-state index in [1.807, 2.05) is 0 Å². The number of carbonyl (C=O) groups excluding carboxylic acids is 1. The highest BCUT2D eigenvalue weighted by molar-refractivity contribution is 6.26. The van der Waals surface area contributed by atoms with Gasteiger partial charge in [0.25, 0.3) is 0 Å².